The normalized spacial score (nSPS) is 10.9. The molecule has 0 bridgehead atoms. The molecule has 0 unspecified atom stereocenters. The maximum absolute atomic E-state index is 13.4. The smallest absolute Gasteiger partial charge is 0.264 e. The summed E-state index contributed by atoms with van der Waals surface area (Å²) in [5.41, 5.74) is 1.08. The lowest BCUT2D eigenvalue weighted by molar-refractivity contribution is -0.119. The van der Waals surface area contributed by atoms with Gasteiger partial charge in [0.05, 0.1) is 24.3 Å². The number of ether oxygens (including phenoxy) is 2. The molecule has 0 heterocycles. The molecule has 3 aromatic carbocycles. The van der Waals surface area contributed by atoms with Crippen LogP contribution in [0.1, 0.15) is 12.5 Å². The Morgan fingerprint density at radius 3 is 2.22 bits per heavy atom. The van der Waals surface area contributed by atoms with E-state index in [4.69, 9.17) is 9.47 Å². The molecule has 0 atom stereocenters. The lowest BCUT2D eigenvalue weighted by Gasteiger charge is -2.25. The van der Waals surface area contributed by atoms with Crippen molar-refractivity contribution >= 4 is 21.6 Å². The third-order valence-corrected chi connectivity index (χ3v) is 6.49. The van der Waals surface area contributed by atoms with E-state index in [2.05, 4.69) is 5.32 Å². The SMILES string of the molecule is CCOc1ccccc1CNC(=O)CN(c1ccccc1OC)S(=O)(=O)c1ccccc1. The minimum atomic E-state index is -4.01. The summed E-state index contributed by atoms with van der Waals surface area (Å²) in [6.07, 6.45) is 0. The fraction of sp³-hybridized carbons (Fsp3) is 0.208. The van der Waals surface area contributed by atoms with Gasteiger partial charge in [-0.15, -0.1) is 0 Å². The molecule has 0 radical (unpaired) electrons. The van der Waals surface area contributed by atoms with Crippen LogP contribution in [0.5, 0.6) is 11.5 Å². The highest BCUT2D eigenvalue weighted by molar-refractivity contribution is 7.92. The largest absolute Gasteiger partial charge is 0.495 e. The van der Waals surface area contributed by atoms with Gasteiger partial charge in [-0.25, -0.2) is 8.42 Å². The van der Waals surface area contributed by atoms with Crippen molar-refractivity contribution in [2.45, 2.75) is 18.4 Å². The summed E-state index contributed by atoms with van der Waals surface area (Å²) in [6, 6.07) is 22.1. The summed E-state index contributed by atoms with van der Waals surface area (Å²) in [5.74, 6) is 0.567. The number of anilines is 1. The highest BCUT2D eigenvalue weighted by atomic mass is 32.2. The fourth-order valence-corrected chi connectivity index (χ4v) is 4.63. The van der Waals surface area contributed by atoms with Crippen LogP contribution < -0.4 is 19.1 Å². The zero-order chi connectivity index (χ0) is 23.0. The predicted molar refractivity (Wildman–Crippen MR) is 123 cm³/mol. The van der Waals surface area contributed by atoms with Crippen molar-refractivity contribution in [3.05, 3.63) is 84.4 Å². The Hall–Kier alpha value is -3.52. The molecule has 1 amide bonds. The van der Waals surface area contributed by atoms with E-state index in [1.54, 1.807) is 42.5 Å². The molecule has 0 aromatic heterocycles. The van der Waals surface area contributed by atoms with Crippen LogP contribution in [0, 0.1) is 0 Å². The number of benzene rings is 3. The number of carbonyl (C=O) groups is 1. The summed E-state index contributed by atoms with van der Waals surface area (Å²) >= 11 is 0. The summed E-state index contributed by atoms with van der Waals surface area (Å²) in [4.78, 5) is 12.9. The van der Waals surface area contributed by atoms with Gasteiger partial charge in [-0.3, -0.25) is 9.10 Å². The summed E-state index contributed by atoms with van der Waals surface area (Å²) in [7, 11) is -2.56. The van der Waals surface area contributed by atoms with Gasteiger partial charge in [-0.2, -0.15) is 0 Å². The second-order valence-corrected chi connectivity index (χ2v) is 8.68. The number of methoxy groups -OCH3 is 1. The Morgan fingerprint density at radius 1 is 0.906 bits per heavy atom. The Labute approximate surface area is 188 Å². The van der Waals surface area contributed by atoms with E-state index in [0.29, 0.717) is 18.1 Å². The zero-order valence-corrected chi connectivity index (χ0v) is 18.8. The molecule has 0 aliphatic rings. The molecule has 0 aliphatic carbocycles. The number of nitrogens with one attached hydrogen (secondary N) is 1. The van der Waals surface area contributed by atoms with Gasteiger partial charge in [0.25, 0.3) is 10.0 Å². The highest BCUT2D eigenvalue weighted by Gasteiger charge is 2.29. The van der Waals surface area contributed by atoms with Crippen molar-refractivity contribution in [3.63, 3.8) is 0 Å². The van der Waals surface area contributed by atoms with Crippen molar-refractivity contribution in [3.8, 4) is 11.5 Å². The van der Waals surface area contributed by atoms with Crippen LogP contribution in [-0.2, 0) is 21.4 Å². The summed E-state index contributed by atoms with van der Waals surface area (Å²) in [5, 5.41) is 2.79. The van der Waals surface area contributed by atoms with Crippen LogP contribution in [0.4, 0.5) is 5.69 Å². The first-order valence-corrected chi connectivity index (χ1v) is 11.6. The quantitative estimate of drug-likeness (QED) is 0.506. The van der Waals surface area contributed by atoms with Crippen molar-refractivity contribution < 1.29 is 22.7 Å². The summed E-state index contributed by atoms with van der Waals surface area (Å²) < 4.78 is 38.8. The van der Waals surface area contributed by atoms with Crippen molar-refractivity contribution in [1.29, 1.82) is 0 Å². The zero-order valence-electron chi connectivity index (χ0n) is 18.0. The lowest BCUT2D eigenvalue weighted by atomic mass is 10.2. The van der Waals surface area contributed by atoms with Gasteiger partial charge in [0.15, 0.2) is 0 Å². The third-order valence-electron chi connectivity index (χ3n) is 4.72. The molecule has 1 N–H and O–H groups in total. The Balaban J connectivity index is 1.87. The van der Waals surface area contributed by atoms with Gasteiger partial charge in [0.1, 0.15) is 18.0 Å². The van der Waals surface area contributed by atoms with Gasteiger partial charge < -0.3 is 14.8 Å². The van der Waals surface area contributed by atoms with Crippen molar-refractivity contribution in [2.24, 2.45) is 0 Å². The number of sulfonamides is 1. The molecule has 3 rings (SSSR count). The molecule has 0 saturated carbocycles. The number of carbonyl (C=O) groups excluding carboxylic acids is 1. The van der Waals surface area contributed by atoms with E-state index in [0.717, 1.165) is 9.87 Å². The first-order valence-electron chi connectivity index (χ1n) is 10.2. The Bertz CT molecular complexity index is 1150. The average molecular weight is 455 g/mol. The van der Waals surface area contributed by atoms with Gasteiger partial charge in [0, 0.05) is 12.1 Å². The molecule has 168 valence electrons. The molecule has 7 nitrogen and oxygen atoms in total. The van der Waals surface area contributed by atoms with Crippen LogP contribution in [0.3, 0.4) is 0 Å². The van der Waals surface area contributed by atoms with Crippen LogP contribution in [0.2, 0.25) is 0 Å². The average Bonchev–Trinajstić information content (AvgIpc) is 2.82. The fourth-order valence-electron chi connectivity index (χ4n) is 3.18. The number of hydrogen-bond donors (Lipinski definition) is 1. The van der Waals surface area contributed by atoms with E-state index in [1.165, 1.54) is 19.2 Å². The topological polar surface area (TPSA) is 84.9 Å². The first-order chi connectivity index (χ1) is 15.5. The van der Waals surface area contributed by atoms with E-state index in [1.807, 2.05) is 31.2 Å². The standard InChI is InChI=1S/C24H26N2O5S/c1-3-31-22-15-9-7-11-19(22)17-25-24(27)18-26(21-14-8-10-16-23(21)30-2)32(28,29)20-12-5-4-6-13-20/h4-16H,3,17-18H2,1-2H3,(H,25,27). The van der Waals surface area contributed by atoms with Gasteiger partial charge in [-0.05, 0) is 37.3 Å². The Kier molecular flexibility index (Phi) is 7.72. The summed E-state index contributed by atoms with van der Waals surface area (Å²) in [6.45, 7) is 2.19. The van der Waals surface area contributed by atoms with Gasteiger partial charge in [0.2, 0.25) is 5.91 Å². The predicted octanol–water partition coefficient (Wildman–Crippen LogP) is 3.61. The second-order valence-electron chi connectivity index (χ2n) is 6.81. The molecule has 0 saturated heterocycles. The number of amides is 1. The molecular formula is C24H26N2O5S. The van der Waals surface area contributed by atoms with E-state index in [9.17, 15) is 13.2 Å². The first kappa shape index (κ1) is 23.1. The Morgan fingerprint density at radius 2 is 1.53 bits per heavy atom. The molecule has 32 heavy (non-hydrogen) atoms. The van der Waals surface area contributed by atoms with Crippen LogP contribution in [0.25, 0.3) is 0 Å². The third kappa shape index (κ3) is 5.39. The van der Waals surface area contributed by atoms with Gasteiger partial charge >= 0.3 is 0 Å². The van der Waals surface area contributed by atoms with Crippen molar-refractivity contribution in [1.82, 2.24) is 5.32 Å². The molecular weight excluding hydrogens is 428 g/mol. The maximum Gasteiger partial charge on any atom is 0.264 e. The number of nitrogens with zero attached hydrogens (tertiary/aromatic N) is 1. The second kappa shape index (κ2) is 10.7. The monoisotopic (exact) mass is 454 g/mol. The van der Waals surface area contributed by atoms with E-state index < -0.39 is 22.5 Å². The van der Waals surface area contributed by atoms with E-state index >= 15 is 0 Å². The number of rotatable bonds is 10. The molecule has 0 spiro atoms. The van der Waals surface area contributed by atoms with E-state index in [-0.39, 0.29) is 17.1 Å². The minimum Gasteiger partial charge on any atom is -0.495 e. The van der Waals surface area contributed by atoms with Crippen molar-refractivity contribution in [2.75, 3.05) is 24.6 Å². The van der Waals surface area contributed by atoms with Crippen LogP contribution in [-0.4, -0.2) is 34.6 Å². The van der Waals surface area contributed by atoms with Crippen LogP contribution in [0.15, 0.2) is 83.8 Å². The number of para-hydroxylation sites is 3. The van der Waals surface area contributed by atoms with Gasteiger partial charge in [-0.1, -0.05) is 48.5 Å². The number of hydrogen-bond acceptors (Lipinski definition) is 5. The lowest BCUT2D eigenvalue weighted by Crippen LogP contribution is -2.40. The molecule has 0 aliphatic heterocycles. The highest BCUT2D eigenvalue weighted by Crippen LogP contribution is 2.32. The molecule has 3 aromatic rings. The minimum absolute atomic E-state index is 0.0837. The van der Waals surface area contributed by atoms with Crippen LogP contribution >= 0.6 is 0 Å². The molecule has 8 heteroatoms. The maximum atomic E-state index is 13.4. The molecule has 0 fully saturated rings.